The van der Waals surface area contributed by atoms with Crippen LogP contribution in [0.3, 0.4) is 0 Å². The highest BCUT2D eigenvalue weighted by atomic mass is 19.1. The van der Waals surface area contributed by atoms with Crippen molar-refractivity contribution in [3.8, 4) is 0 Å². The van der Waals surface area contributed by atoms with Crippen molar-refractivity contribution in [1.82, 2.24) is 15.4 Å². The van der Waals surface area contributed by atoms with E-state index in [0.717, 1.165) is 23.6 Å². The summed E-state index contributed by atoms with van der Waals surface area (Å²) in [6, 6.07) is 8.38. The fourth-order valence-electron chi connectivity index (χ4n) is 2.29. The summed E-state index contributed by atoms with van der Waals surface area (Å²) in [4.78, 5) is 9.19. The van der Waals surface area contributed by atoms with Gasteiger partial charge in [-0.05, 0) is 50.1 Å². The minimum absolute atomic E-state index is 0.251. The Morgan fingerprint density at radius 2 is 1.95 bits per heavy atom. The maximum absolute atomic E-state index is 13.1. The number of nitrogens with one attached hydrogen (secondary N) is 1. The van der Waals surface area contributed by atoms with Crippen LogP contribution in [-0.2, 0) is 0 Å². The average Bonchev–Trinajstić information content (AvgIpc) is 3.30. The zero-order chi connectivity index (χ0) is 14.8. The lowest BCUT2D eigenvalue weighted by Gasteiger charge is -2.23. The molecule has 1 heterocycles. The lowest BCUT2D eigenvalue weighted by Crippen LogP contribution is -2.35. The van der Waals surface area contributed by atoms with Gasteiger partial charge >= 0.3 is 0 Å². The van der Waals surface area contributed by atoms with E-state index in [2.05, 4.69) is 21.5 Å². The van der Waals surface area contributed by atoms with E-state index in [1.54, 1.807) is 12.1 Å². The number of rotatable bonds is 5. The van der Waals surface area contributed by atoms with Gasteiger partial charge in [-0.3, -0.25) is 0 Å². The summed E-state index contributed by atoms with van der Waals surface area (Å²) < 4.78 is 13.1. The van der Waals surface area contributed by atoms with Gasteiger partial charge in [-0.25, -0.2) is 24.8 Å². The molecule has 1 aliphatic carbocycles. The van der Waals surface area contributed by atoms with Crippen molar-refractivity contribution in [3.05, 3.63) is 47.5 Å². The normalized spacial score (nSPS) is 14.2. The first-order valence-corrected chi connectivity index (χ1v) is 7.32. The molecule has 1 saturated carbocycles. The molecule has 3 rings (SSSR count). The third-order valence-electron chi connectivity index (χ3n) is 3.46. The summed E-state index contributed by atoms with van der Waals surface area (Å²) in [5.74, 6) is 0.937. The molecular weight excluding hydrogens is 267 g/mol. The zero-order valence-corrected chi connectivity index (χ0v) is 12.3. The Kier molecular flexibility index (Phi) is 3.84. The second-order valence-corrected chi connectivity index (χ2v) is 5.33. The first kappa shape index (κ1) is 13.9. The van der Waals surface area contributed by atoms with Crippen LogP contribution in [0.4, 0.5) is 16.0 Å². The number of halogens is 1. The van der Waals surface area contributed by atoms with E-state index in [-0.39, 0.29) is 5.82 Å². The van der Waals surface area contributed by atoms with Crippen molar-refractivity contribution in [3.63, 3.8) is 0 Å². The second-order valence-electron chi connectivity index (χ2n) is 5.33. The molecule has 1 aromatic heterocycles. The summed E-state index contributed by atoms with van der Waals surface area (Å²) in [5, 5.41) is 1.82. The van der Waals surface area contributed by atoms with Gasteiger partial charge in [0, 0.05) is 23.9 Å². The monoisotopic (exact) mass is 286 g/mol. The zero-order valence-electron chi connectivity index (χ0n) is 12.3. The van der Waals surface area contributed by atoms with Crippen LogP contribution < -0.4 is 10.4 Å². The SMILES string of the molecule is CCNN(c1ccc(F)cc1)c1nc(C)cc(C2CC2)n1. The molecule has 5 heteroatoms. The van der Waals surface area contributed by atoms with Gasteiger partial charge in [-0.15, -0.1) is 0 Å². The van der Waals surface area contributed by atoms with Crippen LogP contribution in [0.25, 0.3) is 0 Å². The van der Waals surface area contributed by atoms with Crippen molar-refractivity contribution in [2.24, 2.45) is 0 Å². The van der Waals surface area contributed by atoms with E-state index in [1.807, 2.05) is 18.9 Å². The van der Waals surface area contributed by atoms with Gasteiger partial charge in [0.1, 0.15) is 5.82 Å². The van der Waals surface area contributed by atoms with Gasteiger partial charge in [0.05, 0.1) is 5.69 Å². The molecule has 0 unspecified atom stereocenters. The molecule has 0 amide bonds. The summed E-state index contributed by atoms with van der Waals surface area (Å²) >= 11 is 0. The van der Waals surface area contributed by atoms with Crippen LogP contribution in [-0.4, -0.2) is 16.5 Å². The highest BCUT2D eigenvalue weighted by molar-refractivity contribution is 5.56. The Labute approximate surface area is 124 Å². The summed E-state index contributed by atoms with van der Waals surface area (Å²) in [6.45, 7) is 4.72. The van der Waals surface area contributed by atoms with Crippen molar-refractivity contribution < 1.29 is 4.39 Å². The van der Waals surface area contributed by atoms with E-state index >= 15 is 0 Å². The molecule has 0 aliphatic heterocycles. The van der Waals surface area contributed by atoms with Crippen molar-refractivity contribution >= 4 is 11.6 Å². The molecule has 4 nitrogen and oxygen atoms in total. The van der Waals surface area contributed by atoms with E-state index in [9.17, 15) is 4.39 Å². The first-order chi connectivity index (χ1) is 10.2. The molecule has 110 valence electrons. The fraction of sp³-hybridized carbons (Fsp3) is 0.375. The smallest absolute Gasteiger partial charge is 0.244 e. The van der Waals surface area contributed by atoms with E-state index in [4.69, 9.17) is 0 Å². The largest absolute Gasteiger partial charge is 0.245 e. The number of aromatic nitrogens is 2. The Balaban J connectivity index is 1.98. The minimum atomic E-state index is -0.251. The molecule has 1 aliphatic rings. The van der Waals surface area contributed by atoms with E-state index in [1.165, 1.54) is 25.0 Å². The second kappa shape index (κ2) is 5.77. The van der Waals surface area contributed by atoms with Crippen molar-refractivity contribution in [1.29, 1.82) is 0 Å². The maximum Gasteiger partial charge on any atom is 0.245 e. The molecule has 21 heavy (non-hydrogen) atoms. The molecule has 0 atom stereocenters. The maximum atomic E-state index is 13.1. The van der Waals surface area contributed by atoms with Gasteiger partial charge in [-0.1, -0.05) is 6.92 Å². The third kappa shape index (κ3) is 3.19. The molecule has 0 radical (unpaired) electrons. The number of hydrogen-bond acceptors (Lipinski definition) is 4. The number of anilines is 2. The lowest BCUT2D eigenvalue weighted by atomic mass is 10.2. The van der Waals surface area contributed by atoms with Gasteiger partial charge in [0.25, 0.3) is 0 Å². The van der Waals surface area contributed by atoms with Gasteiger partial charge < -0.3 is 0 Å². The van der Waals surface area contributed by atoms with Crippen LogP contribution in [0.1, 0.15) is 37.1 Å². The minimum Gasteiger partial charge on any atom is -0.244 e. The van der Waals surface area contributed by atoms with Crippen LogP contribution in [0.15, 0.2) is 30.3 Å². The van der Waals surface area contributed by atoms with E-state index in [0.29, 0.717) is 11.9 Å². The van der Waals surface area contributed by atoms with E-state index < -0.39 is 0 Å². The first-order valence-electron chi connectivity index (χ1n) is 7.32. The lowest BCUT2D eigenvalue weighted by molar-refractivity contribution is 0.627. The Bertz CT molecular complexity index is 623. The predicted octanol–water partition coefficient (Wildman–Crippen LogP) is 3.46. The van der Waals surface area contributed by atoms with Crippen molar-refractivity contribution in [2.75, 3.05) is 11.6 Å². The highest BCUT2D eigenvalue weighted by Crippen LogP contribution is 2.39. The Hall–Kier alpha value is -2.01. The quantitative estimate of drug-likeness (QED) is 0.855. The summed E-state index contributed by atoms with van der Waals surface area (Å²) in [5.41, 5.74) is 6.11. The molecule has 1 fully saturated rings. The summed E-state index contributed by atoms with van der Waals surface area (Å²) in [6.07, 6.45) is 2.40. The van der Waals surface area contributed by atoms with Crippen LogP contribution in [0.5, 0.6) is 0 Å². The fourth-order valence-corrected chi connectivity index (χ4v) is 2.29. The Morgan fingerprint density at radius 3 is 2.57 bits per heavy atom. The molecule has 1 N–H and O–H groups in total. The molecule has 0 spiro atoms. The number of hydrogen-bond donors (Lipinski definition) is 1. The van der Waals surface area contributed by atoms with Crippen LogP contribution >= 0.6 is 0 Å². The standard InChI is InChI=1S/C16H19FN4/c1-3-18-21(14-8-6-13(17)7-9-14)16-19-11(2)10-15(20-16)12-4-5-12/h6-10,12,18H,3-5H2,1-2H3. The topological polar surface area (TPSA) is 41.0 Å². The predicted molar refractivity (Wildman–Crippen MR) is 81.0 cm³/mol. The number of hydrazine groups is 1. The van der Waals surface area contributed by atoms with Gasteiger partial charge in [0.15, 0.2) is 0 Å². The molecule has 1 aromatic carbocycles. The van der Waals surface area contributed by atoms with Gasteiger partial charge in [-0.2, -0.15) is 0 Å². The molecule has 2 aromatic rings. The molecule has 0 saturated heterocycles. The number of nitrogens with zero attached hydrogens (tertiary/aromatic N) is 3. The molecule has 0 bridgehead atoms. The van der Waals surface area contributed by atoms with Gasteiger partial charge in [0.2, 0.25) is 5.95 Å². The Morgan fingerprint density at radius 1 is 1.24 bits per heavy atom. The highest BCUT2D eigenvalue weighted by Gasteiger charge is 2.26. The van der Waals surface area contributed by atoms with Crippen LogP contribution in [0.2, 0.25) is 0 Å². The molecular formula is C16H19FN4. The van der Waals surface area contributed by atoms with Crippen LogP contribution in [0, 0.1) is 12.7 Å². The third-order valence-corrected chi connectivity index (χ3v) is 3.46. The summed E-state index contributed by atoms with van der Waals surface area (Å²) in [7, 11) is 0. The van der Waals surface area contributed by atoms with Crippen molar-refractivity contribution in [2.45, 2.75) is 32.6 Å². The number of benzene rings is 1. The number of aryl methyl sites for hydroxylation is 1. The average molecular weight is 286 g/mol.